The average molecular weight is 235 g/mol. The van der Waals surface area contributed by atoms with Crippen LogP contribution in [0, 0.1) is 12.8 Å². The van der Waals surface area contributed by atoms with Crippen LogP contribution in [0.15, 0.2) is 24.3 Å². The molecule has 1 aromatic rings. The number of hydrogen-bond acceptors (Lipinski definition) is 3. The topological polar surface area (TPSA) is 44.5 Å². The second-order valence-electron chi connectivity index (χ2n) is 4.74. The van der Waals surface area contributed by atoms with Gasteiger partial charge < -0.3 is 15.2 Å². The summed E-state index contributed by atoms with van der Waals surface area (Å²) in [6, 6.07) is 8.30. The monoisotopic (exact) mass is 235 g/mol. The van der Waals surface area contributed by atoms with E-state index in [1.54, 1.807) is 0 Å². The molecule has 0 aromatic heterocycles. The maximum atomic E-state index is 6.11. The van der Waals surface area contributed by atoms with Gasteiger partial charge in [0.15, 0.2) is 0 Å². The van der Waals surface area contributed by atoms with Crippen molar-refractivity contribution in [3.8, 4) is 5.75 Å². The van der Waals surface area contributed by atoms with Gasteiger partial charge in [-0.3, -0.25) is 0 Å². The SMILES string of the molecule is Cc1cccc(OCCC(N)C2CCOC2)c1. The normalized spacial score (nSPS) is 21.4. The van der Waals surface area contributed by atoms with Gasteiger partial charge >= 0.3 is 0 Å². The van der Waals surface area contributed by atoms with E-state index in [4.69, 9.17) is 15.2 Å². The van der Waals surface area contributed by atoms with Crippen LogP contribution >= 0.6 is 0 Å². The third kappa shape index (κ3) is 3.72. The maximum absolute atomic E-state index is 6.11. The first-order chi connectivity index (χ1) is 8.25. The summed E-state index contributed by atoms with van der Waals surface area (Å²) in [4.78, 5) is 0. The van der Waals surface area contributed by atoms with E-state index < -0.39 is 0 Å². The predicted octanol–water partition coefficient (Wildman–Crippen LogP) is 2.13. The van der Waals surface area contributed by atoms with Gasteiger partial charge in [0, 0.05) is 12.6 Å². The lowest BCUT2D eigenvalue weighted by molar-refractivity contribution is 0.176. The molecule has 0 spiro atoms. The van der Waals surface area contributed by atoms with Crippen molar-refractivity contribution in [1.29, 1.82) is 0 Å². The van der Waals surface area contributed by atoms with Gasteiger partial charge in [-0.15, -0.1) is 0 Å². The molecule has 17 heavy (non-hydrogen) atoms. The second kappa shape index (κ2) is 6.03. The highest BCUT2D eigenvalue weighted by Crippen LogP contribution is 2.18. The van der Waals surface area contributed by atoms with E-state index in [-0.39, 0.29) is 6.04 Å². The van der Waals surface area contributed by atoms with E-state index in [0.717, 1.165) is 31.8 Å². The maximum Gasteiger partial charge on any atom is 0.119 e. The minimum absolute atomic E-state index is 0.197. The van der Waals surface area contributed by atoms with Crippen molar-refractivity contribution in [2.45, 2.75) is 25.8 Å². The summed E-state index contributed by atoms with van der Waals surface area (Å²) in [7, 11) is 0. The molecule has 0 bridgehead atoms. The standard InChI is InChI=1S/C14H21NO2/c1-11-3-2-4-13(9-11)17-8-6-14(15)12-5-7-16-10-12/h2-4,9,12,14H,5-8,10,15H2,1H3. The average Bonchev–Trinajstić information content (AvgIpc) is 2.82. The third-order valence-corrected chi connectivity index (χ3v) is 3.28. The Morgan fingerprint density at radius 2 is 2.41 bits per heavy atom. The minimum atomic E-state index is 0.197. The molecule has 0 aliphatic carbocycles. The van der Waals surface area contributed by atoms with Crippen LogP contribution in [0.5, 0.6) is 5.75 Å². The number of rotatable bonds is 5. The fourth-order valence-electron chi connectivity index (χ4n) is 2.14. The van der Waals surface area contributed by atoms with E-state index in [9.17, 15) is 0 Å². The molecule has 1 saturated heterocycles. The van der Waals surface area contributed by atoms with Crippen molar-refractivity contribution < 1.29 is 9.47 Å². The molecule has 1 fully saturated rings. The lowest BCUT2D eigenvalue weighted by Gasteiger charge is -2.17. The van der Waals surface area contributed by atoms with Crippen LogP contribution in [0.2, 0.25) is 0 Å². The Hall–Kier alpha value is -1.06. The zero-order valence-corrected chi connectivity index (χ0v) is 10.4. The Morgan fingerprint density at radius 1 is 1.53 bits per heavy atom. The molecule has 2 unspecified atom stereocenters. The molecule has 1 heterocycles. The molecule has 1 aliphatic rings. The molecule has 2 atom stereocenters. The first kappa shape index (κ1) is 12.4. The van der Waals surface area contributed by atoms with Crippen molar-refractivity contribution in [1.82, 2.24) is 0 Å². The molecule has 0 amide bonds. The number of aryl methyl sites for hydroxylation is 1. The van der Waals surface area contributed by atoms with Crippen molar-refractivity contribution in [2.24, 2.45) is 11.7 Å². The third-order valence-electron chi connectivity index (χ3n) is 3.28. The Bertz CT molecular complexity index is 348. The van der Waals surface area contributed by atoms with Gasteiger partial charge in [0.25, 0.3) is 0 Å². The lowest BCUT2D eigenvalue weighted by Crippen LogP contribution is -2.32. The fraction of sp³-hybridized carbons (Fsp3) is 0.571. The van der Waals surface area contributed by atoms with Crippen LogP contribution in [0.3, 0.4) is 0 Å². The summed E-state index contributed by atoms with van der Waals surface area (Å²) in [5, 5.41) is 0. The zero-order chi connectivity index (χ0) is 12.1. The van der Waals surface area contributed by atoms with Crippen LogP contribution in [-0.2, 0) is 4.74 Å². The Balaban J connectivity index is 1.71. The molecule has 2 N–H and O–H groups in total. The first-order valence-corrected chi connectivity index (χ1v) is 6.28. The summed E-state index contributed by atoms with van der Waals surface area (Å²) >= 11 is 0. The van der Waals surface area contributed by atoms with E-state index in [0.29, 0.717) is 12.5 Å². The second-order valence-corrected chi connectivity index (χ2v) is 4.74. The van der Waals surface area contributed by atoms with Gasteiger partial charge in [0.05, 0.1) is 13.2 Å². The highest BCUT2D eigenvalue weighted by atomic mass is 16.5. The number of ether oxygens (including phenoxy) is 2. The van der Waals surface area contributed by atoms with Crippen LogP contribution in [0.1, 0.15) is 18.4 Å². The zero-order valence-electron chi connectivity index (χ0n) is 10.4. The van der Waals surface area contributed by atoms with E-state index in [1.807, 2.05) is 18.2 Å². The molecular weight excluding hydrogens is 214 g/mol. The molecule has 0 saturated carbocycles. The smallest absolute Gasteiger partial charge is 0.119 e. The van der Waals surface area contributed by atoms with E-state index in [1.165, 1.54) is 5.56 Å². The summed E-state index contributed by atoms with van der Waals surface area (Å²) in [5.74, 6) is 1.44. The molecule has 3 heteroatoms. The Morgan fingerprint density at radius 3 is 3.12 bits per heavy atom. The minimum Gasteiger partial charge on any atom is -0.494 e. The van der Waals surface area contributed by atoms with Gasteiger partial charge in [-0.2, -0.15) is 0 Å². The summed E-state index contributed by atoms with van der Waals surface area (Å²) in [6.45, 7) is 4.41. The van der Waals surface area contributed by atoms with Crippen molar-refractivity contribution >= 4 is 0 Å². The molecule has 3 nitrogen and oxygen atoms in total. The predicted molar refractivity (Wildman–Crippen MR) is 68.2 cm³/mol. The molecule has 1 aromatic carbocycles. The van der Waals surface area contributed by atoms with Gasteiger partial charge in [-0.05, 0) is 43.4 Å². The molecule has 0 radical (unpaired) electrons. The summed E-state index contributed by atoms with van der Waals surface area (Å²) < 4.78 is 11.0. The van der Waals surface area contributed by atoms with Crippen LogP contribution in [0.4, 0.5) is 0 Å². The number of nitrogens with two attached hydrogens (primary N) is 1. The molecular formula is C14H21NO2. The van der Waals surface area contributed by atoms with Gasteiger partial charge in [-0.25, -0.2) is 0 Å². The van der Waals surface area contributed by atoms with Crippen LogP contribution in [0.25, 0.3) is 0 Å². The number of benzene rings is 1. The van der Waals surface area contributed by atoms with Crippen LogP contribution < -0.4 is 10.5 Å². The van der Waals surface area contributed by atoms with E-state index in [2.05, 4.69) is 13.0 Å². The Labute approximate surface area is 103 Å². The summed E-state index contributed by atoms with van der Waals surface area (Å²) in [5.41, 5.74) is 7.33. The highest BCUT2D eigenvalue weighted by molar-refractivity contribution is 5.27. The van der Waals surface area contributed by atoms with Gasteiger partial charge in [0.1, 0.15) is 5.75 Å². The van der Waals surface area contributed by atoms with Gasteiger partial charge in [0.2, 0.25) is 0 Å². The molecule has 2 rings (SSSR count). The van der Waals surface area contributed by atoms with Crippen molar-refractivity contribution in [2.75, 3.05) is 19.8 Å². The molecule has 1 aliphatic heterocycles. The number of hydrogen-bond donors (Lipinski definition) is 1. The van der Waals surface area contributed by atoms with Crippen molar-refractivity contribution in [3.63, 3.8) is 0 Å². The van der Waals surface area contributed by atoms with Crippen molar-refractivity contribution in [3.05, 3.63) is 29.8 Å². The molecule has 94 valence electrons. The fourth-order valence-corrected chi connectivity index (χ4v) is 2.14. The highest BCUT2D eigenvalue weighted by Gasteiger charge is 2.22. The lowest BCUT2D eigenvalue weighted by atomic mass is 9.98. The van der Waals surface area contributed by atoms with Crippen LogP contribution in [-0.4, -0.2) is 25.9 Å². The quantitative estimate of drug-likeness (QED) is 0.850. The largest absolute Gasteiger partial charge is 0.494 e. The first-order valence-electron chi connectivity index (χ1n) is 6.28. The summed E-state index contributed by atoms with van der Waals surface area (Å²) in [6.07, 6.45) is 1.98. The van der Waals surface area contributed by atoms with Gasteiger partial charge in [-0.1, -0.05) is 12.1 Å². The van der Waals surface area contributed by atoms with E-state index >= 15 is 0 Å². The Kier molecular flexibility index (Phi) is 4.40.